The summed E-state index contributed by atoms with van der Waals surface area (Å²) in [5.41, 5.74) is 0.953. The van der Waals surface area contributed by atoms with Crippen LogP contribution in [-0.4, -0.2) is 19.1 Å². The van der Waals surface area contributed by atoms with Crippen molar-refractivity contribution in [2.45, 2.75) is 13.0 Å². The van der Waals surface area contributed by atoms with Crippen molar-refractivity contribution in [2.75, 3.05) is 13.2 Å². The summed E-state index contributed by atoms with van der Waals surface area (Å²) in [6.07, 6.45) is 2.44. The number of carbonyl (C=O) groups excluding carboxylic acids is 1. The predicted octanol–water partition coefficient (Wildman–Crippen LogP) is 1.69. The van der Waals surface area contributed by atoms with E-state index in [2.05, 4.69) is 21.2 Å². The molecule has 1 saturated heterocycles. The zero-order valence-corrected chi connectivity index (χ0v) is 9.75. The Balaban J connectivity index is 1.80. The number of hydrogen-bond donors (Lipinski definition) is 1. The first kappa shape index (κ1) is 10.7. The number of amides is 1. The Hall–Kier alpha value is -0.810. The molecule has 1 aliphatic rings. The van der Waals surface area contributed by atoms with E-state index in [4.69, 9.17) is 9.15 Å². The number of carbonyl (C=O) groups is 1. The molecule has 1 aliphatic heterocycles. The van der Waals surface area contributed by atoms with Crippen molar-refractivity contribution in [1.29, 1.82) is 0 Å². The highest BCUT2D eigenvalue weighted by Crippen LogP contribution is 2.15. The van der Waals surface area contributed by atoms with Gasteiger partial charge in [-0.15, -0.1) is 0 Å². The number of nitrogens with one attached hydrogen (secondary N) is 1. The van der Waals surface area contributed by atoms with Gasteiger partial charge in [0.25, 0.3) is 0 Å². The molecule has 0 aliphatic carbocycles. The van der Waals surface area contributed by atoms with Crippen molar-refractivity contribution in [3.05, 3.63) is 22.6 Å². The molecule has 4 nitrogen and oxygen atoms in total. The lowest BCUT2D eigenvalue weighted by Crippen LogP contribution is -2.30. The molecule has 1 unspecified atom stereocenters. The molecular weight excluding hydrogens is 262 g/mol. The van der Waals surface area contributed by atoms with E-state index < -0.39 is 0 Å². The monoisotopic (exact) mass is 273 g/mol. The minimum Gasteiger partial charge on any atom is -0.457 e. The molecule has 2 rings (SSSR count). The summed E-state index contributed by atoms with van der Waals surface area (Å²) in [6.45, 7) is 1.74. The third-order valence-corrected chi connectivity index (χ3v) is 2.80. The van der Waals surface area contributed by atoms with Crippen LogP contribution in [0.25, 0.3) is 0 Å². The van der Waals surface area contributed by atoms with Gasteiger partial charge in [0.05, 0.1) is 18.8 Å². The van der Waals surface area contributed by atoms with Crippen LogP contribution in [0.1, 0.15) is 12.0 Å². The summed E-state index contributed by atoms with van der Waals surface area (Å²) in [6, 6.07) is 1.84. The van der Waals surface area contributed by atoms with Crippen molar-refractivity contribution in [3.8, 4) is 0 Å². The Kier molecular flexibility index (Phi) is 3.43. The second-order valence-electron chi connectivity index (χ2n) is 3.54. The van der Waals surface area contributed by atoms with Crippen LogP contribution in [0.3, 0.4) is 0 Å². The van der Waals surface area contributed by atoms with E-state index in [1.165, 1.54) is 0 Å². The molecule has 5 heteroatoms. The third kappa shape index (κ3) is 2.82. The first-order valence-corrected chi connectivity index (χ1v) is 5.63. The van der Waals surface area contributed by atoms with Crippen molar-refractivity contribution < 1.29 is 13.9 Å². The molecule has 2 heterocycles. The van der Waals surface area contributed by atoms with E-state index in [0.29, 0.717) is 24.4 Å². The number of halogens is 1. The maximum Gasteiger partial charge on any atom is 0.225 e. The molecule has 82 valence electrons. The quantitative estimate of drug-likeness (QED) is 0.912. The average Bonchev–Trinajstić information content (AvgIpc) is 2.84. The number of rotatable bonds is 3. The van der Waals surface area contributed by atoms with Crippen LogP contribution < -0.4 is 5.32 Å². The second kappa shape index (κ2) is 4.81. The van der Waals surface area contributed by atoms with Gasteiger partial charge in [0, 0.05) is 18.7 Å². The molecule has 0 bridgehead atoms. The van der Waals surface area contributed by atoms with E-state index in [1.54, 1.807) is 6.26 Å². The van der Waals surface area contributed by atoms with E-state index in [9.17, 15) is 4.79 Å². The van der Waals surface area contributed by atoms with E-state index >= 15 is 0 Å². The van der Waals surface area contributed by atoms with Crippen molar-refractivity contribution in [3.63, 3.8) is 0 Å². The van der Waals surface area contributed by atoms with Crippen molar-refractivity contribution in [2.24, 2.45) is 5.92 Å². The van der Waals surface area contributed by atoms with Gasteiger partial charge in [-0.1, -0.05) is 0 Å². The fourth-order valence-corrected chi connectivity index (χ4v) is 1.90. The summed E-state index contributed by atoms with van der Waals surface area (Å²) in [7, 11) is 0. The molecule has 0 saturated carbocycles. The highest BCUT2D eigenvalue weighted by molar-refractivity contribution is 9.10. The Morgan fingerprint density at radius 3 is 3.13 bits per heavy atom. The molecular formula is C10H12BrNO3. The van der Waals surface area contributed by atoms with Gasteiger partial charge >= 0.3 is 0 Å². The Bertz CT molecular complexity index is 344. The van der Waals surface area contributed by atoms with Gasteiger partial charge in [0.2, 0.25) is 5.91 Å². The summed E-state index contributed by atoms with van der Waals surface area (Å²) in [5, 5.41) is 2.85. The van der Waals surface area contributed by atoms with Gasteiger partial charge < -0.3 is 14.5 Å². The van der Waals surface area contributed by atoms with E-state index in [-0.39, 0.29) is 11.8 Å². The van der Waals surface area contributed by atoms with E-state index in [0.717, 1.165) is 12.0 Å². The molecule has 15 heavy (non-hydrogen) atoms. The van der Waals surface area contributed by atoms with Gasteiger partial charge in [-0.25, -0.2) is 0 Å². The number of hydrogen-bond acceptors (Lipinski definition) is 3. The summed E-state index contributed by atoms with van der Waals surface area (Å²) in [4.78, 5) is 11.6. The van der Waals surface area contributed by atoms with Crippen molar-refractivity contribution >= 4 is 21.8 Å². The first-order chi connectivity index (χ1) is 7.25. The Morgan fingerprint density at radius 1 is 1.67 bits per heavy atom. The normalized spacial score (nSPS) is 20.5. The van der Waals surface area contributed by atoms with Gasteiger partial charge in [-0.2, -0.15) is 0 Å². The lowest BCUT2D eigenvalue weighted by Gasteiger charge is -2.07. The molecule has 0 radical (unpaired) electrons. The molecule has 1 N–H and O–H groups in total. The van der Waals surface area contributed by atoms with Crippen LogP contribution in [0, 0.1) is 5.92 Å². The van der Waals surface area contributed by atoms with Gasteiger partial charge in [0.1, 0.15) is 0 Å². The van der Waals surface area contributed by atoms with Crippen LogP contribution in [0.5, 0.6) is 0 Å². The molecule has 1 atom stereocenters. The molecule has 1 aromatic rings. The zero-order chi connectivity index (χ0) is 10.7. The number of furan rings is 1. The minimum atomic E-state index is 0.0142. The van der Waals surface area contributed by atoms with Crippen LogP contribution in [0.4, 0.5) is 0 Å². The van der Waals surface area contributed by atoms with Gasteiger partial charge in [-0.3, -0.25) is 4.79 Å². The van der Waals surface area contributed by atoms with E-state index in [1.807, 2.05) is 6.07 Å². The Morgan fingerprint density at radius 2 is 2.53 bits per heavy atom. The maximum absolute atomic E-state index is 11.6. The zero-order valence-electron chi connectivity index (χ0n) is 8.16. The third-order valence-electron chi connectivity index (χ3n) is 2.39. The van der Waals surface area contributed by atoms with Gasteiger partial charge in [0.15, 0.2) is 4.67 Å². The highest BCUT2D eigenvalue weighted by atomic mass is 79.9. The van der Waals surface area contributed by atoms with Crippen LogP contribution >= 0.6 is 15.9 Å². The lowest BCUT2D eigenvalue weighted by atomic mass is 10.1. The molecule has 1 aromatic heterocycles. The average molecular weight is 274 g/mol. The van der Waals surface area contributed by atoms with Crippen LogP contribution in [0.15, 0.2) is 21.4 Å². The fourth-order valence-electron chi connectivity index (χ4n) is 1.51. The summed E-state index contributed by atoms with van der Waals surface area (Å²) in [5.74, 6) is 0.0742. The first-order valence-electron chi connectivity index (χ1n) is 4.84. The topological polar surface area (TPSA) is 51.5 Å². The van der Waals surface area contributed by atoms with Crippen LogP contribution in [0.2, 0.25) is 0 Å². The fraction of sp³-hybridized carbons (Fsp3) is 0.500. The smallest absolute Gasteiger partial charge is 0.225 e. The summed E-state index contributed by atoms with van der Waals surface area (Å²) < 4.78 is 10.9. The standard InChI is InChI=1S/C10H12BrNO3/c11-9-3-7(5-15-9)4-12-10(13)8-1-2-14-6-8/h3,5,8H,1-2,4,6H2,(H,12,13). The minimum absolute atomic E-state index is 0.0142. The lowest BCUT2D eigenvalue weighted by molar-refractivity contribution is -0.125. The maximum atomic E-state index is 11.6. The van der Waals surface area contributed by atoms with Gasteiger partial charge in [-0.05, 0) is 28.4 Å². The summed E-state index contributed by atoms with van der Waals surface area (Å²) >= 11 is 3.21. The highest BCUT2D eigenvalue weighted by Gasteiger charge is 2.22. The Labute approximate surface area is 96.1 Å². The SMILES string of the molecule is O=C(NCc1coc(Br)c1)C1CCOC1. The number of ether oxygens (including phenoxy) is 1. The molecule has 1 fully saturated rings. The van der Waals surface area contributed by atoms with Crippen LogP contribution in [-0.2, 0) is 16.1 Å². The van der Waals surface area contributed by atoms with Crippen molar-refractivity contribution in [1.82, 2.24) is 5.32 Å². The predicted molar refractivity (Wildman–Crippen MR) is 57.2 cm³/mol. The largest absolute Gasteiger partial charge is 0.457 e. The molecule has 0 aromatic carbocycles. The second-order valence-corrected chi connectivity index (χ2v) is 4.32. The molecule has 0 spiro atoms. The molecule has 1 amide bonds.